The van der Waals surface area contributed by atoms with E-state index in [1.54, 1.807) is 12.1 Å². The summed E-state index contributed by atoms with van der Waals surface area (Å²) >= 11 is 0. The quantitative estimate of drug-likeness (QED) is 0.803. The van der Waals surface area contributed by atoms with Gasteiger partial charge in [-0.2, -0.15) is 0 Å². The first-order valence-corrected chi connectivity index (χ1v) is 7.61. The minimum absolute atomic E-state index is 0.160. The van der Waals surface area contributed by atoms with Crippen LogP contribution < -0.4 is 5.32 Å². The van der Waals surface area contributed by atoms with Crippen molar-refractivity contribution in [2.24, 2.45) is 0 Å². The van der Waals surface area contributed by atoms with E-state index < -0.39 is 0 Å². The fraction of sp³-hybridized carbons (Fsp3) is 0.368. The maximum absolute atomic E-state index is 13.2. The highest BCUT2D eigenvalue weighted by molar-refractivity contribution is 5.22. The molecule has 2 aromatic carbocycles. The molecule has 0 aliphatic carbocycles. The molecule has 0 saturated carbocycles. The second-order valence-electron chi connectivity index (χ2n) is 5.87. The maximum atomic E-state index is 13.2. The SMILES string of the molecule is Cc1cccc(CCC(C)NC(C)c2cccc(F)c2)c1. The first-order chi connectivity index (χ1) is 10.0. The molecule has 2 unspecified atom stereocenters. The average molecular weight is 285 g/mol. The van der Waals surface area contributed by atoms with Gasteiger partial charge in [0, 0.05) is 12.1 Å². The minimum atomic E-state index is -0.173. The van der Waals surface area contributed by atoms with E-state index in [0.717, 1.165) is 18.4 Å². The van der Waals surface area contributed by atoms with E-state index in [1.165, 1.54) is 17.2 Å². The first-order valence-electron chi connectivity index (χ1n) is 7.61. The molecule has 2 aromatic rings. The Morgan fingerprint density at radius 2 is 1.81 bits per heavy atom. The largest absolute Gasteiger partial charge is 0.308 e. The predicted molar refractivity (Wildman–Crippen MR) is 86.9 cm³/mol. The van der Waals surface area contributed by atoms with Gasteiger partial charge in [0.1, 0.15) is 5.82 Å². The van der Waals surface area contributed by atoms with Crippen LogP contribution in [0.4, 0.5) is 4.39 Å². The Kier molecular flexibility index (Phi) is 5.51. The lowest BCUT2D eigenvalue weighted by molar-refractivity contribution is 0.455. The molecule has 0 saturated heterocycles. The fourth-order valence-corrected chi connectivity index (χ4v) is 2.63. The van der Waals surface area contributed by atoms with Gasteiger partial charge in [0.2, 0.25) is 0 Å². The molecule has 1 nitrogen and oxygen atoms in total. The van der Waals surface area contributed by atoms with Crippen molar-refractivity contribution in [2.75, 3.05) is 0 Å². The van der Waals surface area contributed by atoms with Crippen molar-refractivity contribution in [3.8, 4) is 0 Å². The Labute approximate surface area is 127 Å². The van der Waals surface area contributed by atoms with Crippen molar-refractivity contribution in [3.63, 3.8) is 0 Å². The van der Waals surface area contributed by atoms with E-state index in [2.05, 4.69) is 50.4 Å². The number of nitrogens with one attached hydrogen (secondary N) is 1. The van der Waals surface area contributed by atoms with Gasteiger partial charge in [0.25, 0.3) is 0 Å². The van der Waals surface area contributed by atoms with Crippen molar-refractivity contribution in [3.05, 3.63) is 71.0 Å². The summed E-state index contributed by atoms with van der Waals surface area (Å²) < 4.78 is 13.2. The second-order valence-corrected chi connectivity index (χ2v) is 5.87. The lowest BCUT2D eigenvalue weighted by Gasteiger charge is -2.20. The van der Waals surface area contributed by atoms with Crippen molar-refractivity contribution < 1.29 is 4.39 Å². The van der Waals surface area contributed by atoms with Gasteiger partial charge >= 0.3 is 0 Å². The van der Waals surface area contributed by atoms with Crippen LogP contribution in [0.1, 0.15) is 43.0 Å². The second kappa shape index (κ2) is 7.37. The summed E-state index contributed by atoms with van der Waals surface area (Å²) in [4.78, 5) is 0. The van der Waals surface area contributed by atoms with Crippen LogP contribution in [0.25, 0.3) is 0 Å². The number of hydrogen-bond acceptors (Lipinski definition) is 1. The zero-order valence-electron chi connectivity index (χ0n) is 13.1. The predicted octanol–water partition coefficient (Wildman–Crippen LogP) is 4.81. The van der Waals surface area contributed by atoms with Gasteiger partial charge in [0.15, 0.2) is 0 Å². The van der Waals surface area contributed by atoms with E-state index in [0.29, 0.717) is 6.04 Å². The van der Waals surface area contributed by atoms with E-state index in [-0.39, 0.29) is 11.9 Å². The molecule has 0 aliphatic rings. The highest BCUT2D eigenvalue weighted by Gasteiger charge is 2.10. The molecule has 0 fully saturated rings. The summed E-state index contributed by atoms with van der Waals surface area (Å²) in [5.74, 6) is -0.173. The molecule has 0 aromatic heterocycles. The Morgan fingerprint density at radius 3 is 2.52 bits per heavy atom. The van der Waals surface area contributed by atoms with E-state index in [9.17, 15) is 4.39 Å². The monoisotopic (exact) mass is 285 g/mol. The normalized spacial score (nSPS) is 13.9. The standard InChI is InChI=1S/C19H24FN/c1-14-6-4-7-17(12-14)11-10-15(2)21-16(3)18-8-5-9-19(20)13-18/h4-9,12-13,15-16,21H,10-11H2,1-3H3. The number of halogens is 1. The van der Waals surface area contributed by atoms with Gasteiger partial charge in [0.05, 0.1) is 0 Å². The van der Waals surface area contributed by atoms with Crippen molar-refractivity contribution in [2.45, 2.75) is 45.7 Å². The molecule has 2 rings (SSSR count). The average Bonchev–Trinajstić information content (AvgIpc) is 2.45. The van der Waals surface area contributed by atoms with Gasteiger partial charge < -0.3 is 5.32 Å². The molecule has 112 valence electrons. The van der Waals surface area contributed by atoms with Crippen LogP contribution in [0, 0.1) is 12.7 Å². The third kappa shape index (κ3) is 4.98. The zero-order valence-corrected chi connectivity index (χ0v) is 13.1. The molecular weight excluding hydrogens is 261 g/mol. The third-order valence-corrected chi connectivity index (χ3v) is 3.83. The third-order valence-electron chi connectivity index (χ3n) is 3.83. The van der Waals surface area contributed by atoms with Gasteiger partial charge in [-0.3, -0.25) is 0 Å². The Morgan fingerprint density at radius 1 is 1.05 bits per heavy atom. The number of aryl methyl sites for hydroxylation is 2. The van der Waals surface area contributed by atoms with Crippen LogP contribution >= 0.6 is 0 Å². The topological polar surface area (TPSA) is 12.0 Å². The van der Waals surface area contributed by atoms with Crippen LogP contribution in [0.3, 0.4) is 0 Å². The smallest absolute Gasteiger partial charge is 0.123 e. The van der Waals surface area contributed by atoms with Crippen molar-refractivity contribution in [1.82, 2.24) is 5.32 Å². The summed E-state index contributed by atoms with van der Waals surface area (Å²) in [6, 6.07) is 16.0. The van der Waals surface area contributed by atoms with E-state index in [4.69, 9.17) is 0 Å². The fourth-order valence-electron chi connectivity index (χ4n) is 2.63. The number of rotatable bonds is 6. The van der Waals surface area contributed by atoms with Crippen molar-refractivity contribution >= 4 is 0 Å². The lowest BCUT2D eigenvalue weighted by atomic mass is 10.0. The molecule has 2 heteroatoms. The van der Waals surface area contributed by atoms with Gasteiger partial charge in [-0.1, -0.05) is 42.0 Å². The molecular formula is C19H24FN. The molecule has 21 heavy (non-hydrogen) atoms. The van der Waals surface area contributed by atoms with Gasteiger partial charge in [-0.25, -0.2) is 4.39 Å². The summed E-state index contributed by atoms with van der Waals surface area (Å²) in [6.07, 6.45) is 2.13. The summed E-state index contributed by atoms with van der Waals surface area (Å²) in [5.41, 5.74) is 3.68. The van der Waals surface area contributed by atoms with E-state index >= 15 is 0 Å². The Hall–Kier alpha value is -1.67. The molecule has 0 bridgehead atoms. The molecule has 1 N–H and O–H groups in total. The highest BCUT2D eigenvalue weighted by atomic mass is 19.1. The lowest BCUT2D eigenvalue weighted by Crippen LogP contribution is -2.29. The molecule has 0 heterocycles. The minimum Gasteiger partial charge on any atom is -0.308 e. The van der Waals surface area contributed by atoms with Gasteiger partial charge in [-0.05, 0) is 56.9 Å². The van der Waals surface area contributed by atoms with Crippen LogP contribution in [-0.4, -0.2) is 6.04 Å². The zero-order chi connectivity index (χ0) is 15.2. The summed E-state index contributed by atoms with van der Waals surface area (Å²) in [6.45, 7) is 6.39. The van der Waals surface area contributed by atoms with E-state index in [1.807, 2.05) is 6.07 Å². The Bertz CT molecular complexity index is 579. The van der Waals surface area contributed by atoms with Crippen LogP contribution in [0.15, 0.2) is 48.5 Å². The molecule has 0 amide bonds. The number of benzene rings is 2. The first kappa shape index (κ1) is 15.7. The van der Waals surface area contributed by atoms with Gasteiger partial charge in [-0.15, -0.1) is 0 Å². The maximum Gasteiger partial charge on any atom is 0.123 e. The highest BCUT2D eigenvalue weighted by Crippen LogP contribution is 2.15. The van der Waals surface area contributed by atoms with Crippen molar-refractivity contribution in [1.29, 1.82) is 0 Å². The molecule has 0 aliphatic heterocycles. The van der Waals surface area contributed by atoms with Crippen LogP contribution in [0.2, 0.25) is 0 Å². The van der Waals surface area contributed by atoms with Crippen LogP contribution in [-0.2, 0) is 6.42 Å². The molecule has 0 radical (unpaired) electrons. The van der Waals surface area contributed by atoms with Crippen LogP contribution in [0.5, 0.6) is 0 Å². The Balaban J connectivity index is 1.85. The summed E-state index contributed by atoms with van der Waals surface area (Å²) in [5, 5.41) is 3.54. The molecule has 0 spiro atoms. The summed E-state index contributed by atoms with van der Waals surface area (Å²) in [7, 11) is 0. The number of hydrogen-bond donors (Lipinski definition) is 1. The molecule has 2 atom stereocenters.